The van der Waals surface area contributed by atoms with E-state index in [9.17, 15) is 9.59 Å². The lowest BCUT2D eigenvalue weighted by atomic mass is 9.94. The van der Waals surface area contributed by atoms with Gasteiger partial charge in [0.05, 0.1) is 17.5 Å². The van der Waals surface area contributed by atoms with Crippen molar-refractivity contribution in [2.24, 2.45) is 11.7 Å². The van der Waals surface area contributed by atoms with Crippen LogP contribution in [-0.4, -0.2) is 28.1 Å². The Labute approximate surface area is 127 Å². The van der Waals surface area contributed by atoms with Gasteiger partial charge in [0.1, 0.15) is 5.76 Å². The van der Waals surface area contributed by atoms with Crippen molar-refractivity contribution in [2.75, 3.05) is 6.54 Å². The van der Waals surface area contributed by atoms with Gasteiger partial charge in [-0.15, -0.1) is 0 Å². The third kappa shape index (κ3) is 2.74. The molecule has 22 heavy (non-hydrogen) atoms. The van der Waals surface area contributed by atoms with Crippen molar-refractivity contribution in [3.8, 4) is 0 Å². The van der Waals surface area contributed by atoms with Gasteiger partial charge in [-0.1, -0.05) is 0 Å². The van der Waals surface area contributed by atoms with Crippen LogP contribution < -0.4 is 11.1 Å². The minimum Gasteiger partial charge on any atom is -0.456 e. The summed E-state index contributed by atoms with van der Waals surface area (Å²) in [6.07, 6.45) is 3.09. The minimum atomic E-state index is -0.461. The summed E-state index contributed by atoms with van der Waals surface area (Å²) >= 11 is 0. The Bertz CT molecular complexity index is 716. The molecule has 116 valence electrons. The fourth-order valence-electron chi connectivity index (χ4n) is 2.76. The number of furan rings is 1. The molecule has 0 aliphatic carbocycles. The van der Waals surface area contributed by atoms with E-state index >= 15 is 0 Å². The number of carbonyl (C=O) groups is 2. The molecule has 7 nitrogen and oxygen atoms in total. The van der Waals surface area contributed by atoms with Gasteiger partial charge in [0, 0.05) is 13.1 Å². The summed E-state index contributed by atoms with van der Waals surface area (Å²) in [7, 11) is 0. The van der Waals surface area contributed by atoms with Crippen LogP contribution in [0.3, 0.4) is 0 Å². The van der Waals surface area contributed by atoms with Gasteiger partial charge in [-0.05, 0) is 37.8 Å². The maximum atomic E-state index is 12.0. The van der Waals surface area contributed by atoms with Crippen LogP contribution in [-0.2, 0) is 13.0 Å². The molecule has 1 aliphatic rings. The van der Waals surface area contributed by atoms with Gasteiger partial charge in [-0.3, -0.25) is 14.3 Å². The number of carbonyl (C=O) groups excluding carboxylic acids is 2. The summed E-state index contributed by atoms with van der Waals surface area (Å²) in [6.45, 7) is 3.05. The topological polar surface area (TPSA) is 103 Å². The lowest BCUT2D eigenvalue weighted by Gasteiger charge is -2.24. The molecule has 0 saturated carbocycles. The van der Waals surface area contributed by atoms with Crippen LogP contribution in [0.5, 0.6) is 0 Å². The maximum absolute atomic E-state index is 12.0. The van der Waals surface area contributed by atoms with Crippen LogP contribution in [0.1, 0.15) is 38.8 Å². The third-order valence-corrected chi connectivity index (χ3v) is 3.96. The van der Waals surface area contributed by atoms with Crippen LogP contribution >= 0.6 is 0 Å². The normalized spacial score (nSPS) is 17.0. The number of amides is 2. The molecule has 3 rings (SSSR count). The third-order valence-electron chi connectivity index (χ3n) is 3.96. The SMILES string of the molecule is Cc1ccc(C(=O)NCC2CCn3ncc(C(N)=O)c3C2)o1. The molecular weight excluding hydrogens is 284 g/mol. The van der Waals surface area contributed by atoms with Gasteiger partial charge in [-0.25, -0.2) is 0 Å². The van der Waals surface area contributed by atoms with Crippen LogP contribution in [0.15, 0.2) is 22.7 Å². The number of fused-ring (bicyclic) bond motifs is 1. The zero-order chi connectivity index (χ0) is 15.7. The predicted octanol–water partition coefficient (Wildman–Crippen LogP) is 0.876. The Morgan fingerprint density at radius 1 is 1.50 bits per heavy atom. The first kappa shape index (κ1) is 14.4. The van der Waals surface area contributed by atoms with Crippen LogP contribution in [0.4, 0.5) is 0 Å². The Hall–Kier alpha value is -2.57. The molecule has 1 unspecified atom stereocenters. The summed E-state index contributed by atoms with van der Waals surface area (Å²) in [6, 6.07) is 3.42. The highest BCUT2D eigenvalue weighted by molar-refractivity contribution is 5.93. The fourth-order valence-corrected chi connectivity index (χ4v) is 2.76. The molecule has 0 aromatic carbocycles. The van der Waals surface area contributed by atoms with E-state index in [0.717, 1.165) is 18.7 Å². The molecule has 3 N–H and O–H groups in total. The highest BCUT2D eigenvalue weighted by Gasteiger charge is 2.24. The monoisotopic (exact) mass is 302 g/mol. The molecule has 0 spiro atoms. The van der Waals surface area contributed by atoms with Gasteiger partial charge in [0.2, 0.25) is 0 Å². The van der Waals surface area contributed by atoms with E-state index in [1.807, 2.05) is 4.68 Å². The Balaban J connectivity index is 1.62. The standard InChI is InChI=1S/C15H18N4O3/c1-9-2-3-13(22-9)15(21)17-7-10-4-5-19-12(6-10)11(8-18-19)14(16)20/h2-3,8,10H,4-7H2,1H3,(H2,16,20)(H,17,21). The number of hydrogen-bond donors (Lipinski definition) is 2. The zero-order valence-corrected chi connectivity index (χ0v) is 12.3. The number of nitrogens with zero attached hydrogens (tertiary/aromatic N) is 2. The summed E-state index contributed by atoms with van der Waals surface area (Å²) in [4.78, 5) is 23.4. The second-order valence-electron chi connectivity index (χ2n) is 5.57. The molecule has 1 atom stereocenters. The zero-order valence-electron chi connectivity index (χ0n) is 12.3. The smallest absolute Gasteiger partial charge is 0.287 e. The number of nitrogens with two attached hydrogens (primary N) is 1. The van der Waals surface area contributed by atoms with E-state index in [4.69, 9.17) is 10.2 Å². The summed E-state index contributed by atoms with van der Waals surface area (Å²) in [5, 5.41) is 7.05. The number of aryl methyl sites for hydroxylation is 2. The average Bonchev–Trinajstić information content (AvgIpc) is 3.10. The molecule has 3 heterocycles. The quantitative estimate of drug-likeness (QED) is 0.874. The number of primary amides is 1. The first-order chi connectivity index (χ1) is 10.5. The van der Waals surface area contributed by atoms with Gasteiger partial charge in [-0.2, -0.15) is 5.10 Å². The van der Waals surface area contributed by atoms with Crippen molar-refractivity contribution < 1.29 is 14.0 Å². The van der Waals surface area contributed by atoms with E-state index in [0.29, 0.717) is 30.0 Å². The Morgan fingerprint density at radius 3 is 3.00 bits per heavy atom. The molecule has 2 aromatic heterocycles. The highest BCUT2D eigenvalue weighted by Crippen LogP contribution is 2.22. The summed E-state index contributed by atoms with van der Waals surface area (Å²) in [5.41, 5.74) is 6.68. The number of aromatic nitrogens is 2. The number of hydrogen-bond acceptors (Lipinski definition) is 4. The van der Waals surface area contributed by atoms with Crippen molar-refractivity contribution in [1.29, 1.82) is 0 Å². The van der Waals surface area contributed by atoms with E-state index in [-0.39, 0.29) is 11.8 Å². The largest absolute Gasteiger partial charge is 0.456 e. The van der Waals surface area contributed by atoms with Gasteiger partial charge < -0.3 is 15.5 Å². The molecule has 1 aliphatic heterocycles. The highest BCUT2D eigenvalue weighted by atomic mass is 16.3. The molecule has 0 radical (unpaired) electrons. The van der Waals surface area contributed by atoms with Crippen molar-refractivity contribution in [1.82, 2.24) is 15.1 Å². The Morgan fingerprint density at radius 2 is 2.32 bits per heavy atom. The van der Waals surface area contributed by atoms with E-state index < -0.39 is 5.91 Å². The van der Waals surface area contributed by atoms with E-state index in [1.165, 1.54) is 6.20 Å². The first-order valence-corrected chi connectivity index (χ1v) is 7.23. The van der Waals surface area contributed by atoms with E-state index in [1.54, 1.807) is 19.1 Å². The maximum Gasteiger partial charge on any atom is 0.287 e. The van der Waals surface area contributed by atoms with Crippen molar-refractivity contribution in [3.63, 3.8) is 0 Å². The van der Waals surface area contributed by atoms with Crippen LogP contribution in [0, 0.1) is 12.8 Å². The second-order valence-corrected chi connectivity index (χ2v) is 5.57. The predicted molar refractivity (Wildman–Crippen MR) is 78.3 cm³/mol. The molecule has 2 amide bonds. The molecular formula is C15H18N4O3. The van der Waals surface area contributed by atoms with E-state index in [2.05, 4.69) is 10.4 Å². The van der Waals surface area contributed by atoms with Gasteiger partial charge in [0.25, 0.3) is 11.8 Å². The van der Waals surface area contributed by atoms with Crippen molar-refractivity contribution in [2.45, 2.75) is 26.3 Å². The lowest BCUT2D eigenvalue weighted by Crippen LogP contribution is -2.33. The fraction of sp³-hybridized carbons (Fsp3) is 0.400. The Kier molecular flexibility index (Phi) is 3.70. The first-order valence-electron chi connectivity index (χ1n) is 7.23. The molecule has 2 aromatic rings. The summed E-state index contributed by atoms with van der Waals surface area (Å²) < 4.78 is 7.11. The molecule has 0 bridgehead atoms. The molecule has 0 saturated heterocycles. The average molecular weight is 302 g/mol. The number of nitrogens with one attached hydrogen (secondary N) is 1. The lowest BCUT2D eigenvalue weighted by molar-refractivity contribution is 0.0913. The van der Waals surface area contributed by atoms with Gasteiger partial charge in [0.15, 0.2) is 5.76 Å². The summed E-state index contributed by atoms with van der Waals surface area (Å²) in [5.74, 6) is 0.593. The van der Waals surface area contributed by atoms with Gasteiger partial charge >= 0.3 is 0 Å². The van der Waals surface area contributed by atoms with Crippen LogP contribution in [0.25, 0.3) is 0 Å². The molecule has 7 heteroatoms. The number of rotatable bonds is 4. The van der Waals surface area contributed by atoms with Crippen LogP contribution in [0.2, 0.25) is 0 Å². The molecule has 0 fully saturated rings. The van der Waals surface area contributed by atoms with Crippen molar-refractivity contribution >= 4 is 11.8 Å². The minimum absolute atomic E-state index is 0.220. The second kappa shape index (κ2) is 5.67. The van der Waals surface area contributed by atoms with Crippen molar-refractivity contribution in [3.05, 3.63) is 41.1 Å².